The lowest BCUT2D eigenvalue weighted by Gasteiger charge is -2.33. The zero-order valence-electron chi connectivity index (χ0n) is 31.1. The van der Waals surface area contributed by atoms with E-state index in [-0.39, 0.29) is 48.3 Å². The molecule has 1 saturated carbocycles. The number of alkyl halides is 5. The van der Waals surface area contributed by atoms with Crippen LogP contribution < -0.4 is 10.9 Å². The smallest absolute Gasteiger partial charge is 0.348 e. The summed E-state index contributed by atoms with van der Waals surface area (Å²) in [6, 6.07) is 7.56. The van der Waals surface area contributed by atoms with E-state index in [9.17, 15) is 36.3 Å². The molecule has 1 aliphatic carbocycles. The second-order valence-electron chi connectivity index (χ2n) is 15.4. The summed E-state index contributed by atoms with van der Waals surface area (Å²) in [5, 5.41) is 16.8. The van der Waals surface area contributed by atoms with Gasteiger partial charge in [0.25, 0.3) is 5.56 Å². The number of imidazole rings is 1. The van der Waals surface area contributed by atoms with E-state index in [1.807, 2.05) is 41.9 Å². The normalized spacial score (nSPS) is 18.8. The molecule has 1 saturated heterocycles. The Hall–Kier alpha value is -5.98. The molecular weight excluding hydrogens is 789 g/mol. The van der Waals surface area contributed by atoms with Crippen molar-refractivity contribution in [1.82, 2.24) is 54.3 Å². The number of carbonyl (C=O) groups excluding carboxylic acids is 2. The molecule has 20 heteroatoms. The van der Waals surface area contributed by atoms with Crippen molar-refractivity contribution in [3.63, 3.8) is 0 Å². The molecule has 2 aliphatic rings. The Morgan fingerprint density at radius 1 is 1.07 bits per heavy atom. The third-order valence-corrected chi connectivity index (χ3v) is 11.0. The summed E-state index contributed by atoms with van der Waals surface area (Å²) in [5.74, 6) is -0.633. The van der Waals surface area contributed by atoms with Crippen molar-refractivity contribution in [2.45, 2.75) is 76.8 Å². The third-order valence-electron chi connectivity index (χ3n) is 10.7. The van der Waals surface area contributed by atoms with Crippen LogP contribution in [0.25, 0.3) is 28.3 Å². The summed E-state index contributed by atoms with van der Waals surface area (Å²) >= 11 is 6.87. The Labute approximate surface area is 331 Å². The van der Waals surface area contributed by atoms with E-state index in [4.69, 9.17) is 11.6 Å². The number of halogens is 6. The lowest BCUT2D eigenvalue weighted by atomic mass is 9.96. The number of nitrogens with one attached hydrogen (secondary N) is 2. The highest BCUT2D eigenvalue weighted by Gasteiger charge is 2.65. The number of fused-ring (bicyclic) bond motifs is 1. The van der Waals surface area contributed by atoms with Crippen LogP contribution in [0, 0.1) is 12.3 Å². The largest absolute Gasteiger partial charge is 0.435 e. The van der Waals surface area contributed by atoms with Gasteiger partial charge in [-0.3, -0.25) is 23.5 Å². The summed E-state index contributed by atoms with van der Waals surface area (Å²) in [6.07, 6.45) is 3.67. The number of aryl methyl sites for hydroxylation is 1. The van der Waals surface area contributed by atoms with Gasteiger partial charge in [0.15, 0.2) is 5.69 Å². The van der Waals surface area contributed by atoms with E-state index in [1.165, 1.54) is 17.2 Å². The van der Waals surface area contributed by atoms with Gasteiger partial charge >= 0.3 is 12.7 Å². The maximum atomic E-state index is 14.4. The molecule has 0 radical (unpaired) electrons. The number of amides is 2. The van der Waals surface area contributed by atoms with Crippen LogP contribution in [-0.4, -0.2) is 79.0 Å². The summed E-state index contributed by atoms with van der Waals surface area (Å²) in [6.45, 7) is 1.96. The number of benzene rings is 1. The Balaban J connectivity index is 1.04. The van der Waals surface area contributed by atoms with Crippen LogP contribution >= 0.6 is 11.6 Å². The number of nitrogens with zero attached hydrogens (tertiary/aromatic N) is 9. The molecule has 0 bridgehead atoms. The zero-order valence-corrected chi connectivity index (χ0v) is 31.9. The number of aromatic amines is 1. The lowest BCUT2D eigenvalue weighted by Crippen LogP contribution is -2.56. The van der Waals surface area contributed by atoms with Gasteiger partial charge in [-0.05, 0) is 68.5 Å². The quantitative estimate of drug-likeness (QED) is 0.155. The van der Waals surface area contributed by atoms with Crippen LogP contribution in [0.3, 0.4) is 0 Å². The van der Waals surface area contributed by atoms with Crippen LogP contribution in [0.4, 0.5) is 22.0 Å². The number of hydrogen-bond donors (Lipinski definition) is 2. The van der Waals surface area contributed by atoms with Gasteiger partial charge < -0.3 is 10.2 Å². The van der Waals surface area contributed by atoms with Gasteiger partial charge in [-0.1, -0.05) is 23.7 Å². The maximum Gasteiger partial charge on any atom is 0.435 e. The molecule has 5 aromatic heterocycles. The number of rotatable bonds is 11. The molecule has 6 aromatic rings. The summed E-state index contributed by atoms with van der Waals surface area (Å²) in [4.78, 5) is 50.5. The fraction of sp³-hybridized carbons (Fsp3) is 0.368. The molecule has 302 valence electrons. The van der Waals surface area contributed by atoms with Crippen LogP contribution in [0.1, 0.15) is 61.7 Å². The molecule has 0 unspecified atom stereocenters. The van der Waals surface area contributed by atoms with Crippen LogP contribution in [-0.2, 0) is 28.7 Å². The minimum absolute atomic E-state index is 0.00315. The second-order valence-corrected chi connectivity index (χ2v) is 15.8. The van der Waals surface area contributed by atoms with E-state index >= 15 is 0 Å². The third kappa shape index (κ3) is 7.33. The molecule has 1 spiro atoms. The first-order valence-electron chi connectivity index (χ1n) is 18.2. The molecule has 1 aliphatic heterocycles. The predicted octanol–water partition coefficient (Wildman–Crippen LogP) is 5.83. The number of carbonyl (C=O) groups is 2. The molecule has 2 amide bonds. The van der Waals surface area contributed by atoms with Crippen molar-refractivity contribution in [2.75, 3.05) is 6.54 Å². The van der Waals surface area contributed by atoms with Crippen molar-refractivity contribution in [1.29, 1.82) is 0 Å². The molecule has 14 nitrogen and oxygen atoms in total. The molecule has 3 atom stereocenters. The molecule has 2 fully saturated rings. The van der Waals surface area contributed by atoms with Crippen molar-refractivity contribution in [2.24, 2.45) is 5.41 Å². The minimum atomic E-state index is -4.81. The van der Waals surface area contributed by atoms with Crippen molar-refractivity contribution in [3.05, 3.63) is 105 Å². The monoisotopic (exact) mass is 823 g/mol. The average Bonchev–Trinajstić information content (AvgIpc) is 3.57. The Morgan fingerprint density at radius 2 is 1.86 bits per heavy atom. The van der Waals surface area contributed by atoms with Crippen LogP contribution in [0.15, 0.2) is 72.2 Å². The molecule has 8 rings (SSSR count). The average molecular weight is 824 g/mol. The van der Waals surface area contributed by atoms with Gasteiger partial charge in [0.2, 0.25) is 17.6 Å². The van der Waals surface area contributed by atoms with Gasteiger partial charge in [0, 0.05) is 60.3 Å². The molecule has 2 N–H and O–H groups in total. The summed E-state index contributed by atoms with van der Waals surface area (Å²) in [5.41, 5.74) is -0.471. The van der Waals surface area contributed by atoms with Gasteiger partial charge in [-0.2, -0.15) is 37.2 Å². The van der Waals surface area contributed by atoms with Crippen LogP contribution in [0.2, 0.25) is 5.02 Å². The SMILES string of the molecule is Cc1cn2cc(-c3ccc([C@H]4C[C@@]45CCN([C@H](Cc4cnn(C(F)F)c4)C(=O)NC(C)(C)Cn4nc(C(F)(F)F)cc4-c4ccc(=O)[nH]n4)C5=O)c(Cl)c3)cnc2n1. The second kappa shape index (κ2) is 14.1. The Kier molecular flexibility index (Phi) is 9.48. The van der Waals surface area contributed by atoms with E-state index < -0.39 is 46.9 Å². The molecule has 1 aromatic carbocycles. The summed E-state index contributed by atoms with van der Waals surface area (Å²) < 4.78 is 71.7. The van der Waals surface area contributed by atoms with Crippen molar-refractivity contribution in [3.8, 4) is 22.5 Å². The van der Waals surface area contributed by atoms with E-state index in [2.05, 4.69) is 35.7 Å². The number of likely N-dealkylation sites (tertiary alicyclic amines) is 1. The highest BCUT2D eigenvalue weighted by molar-refractivity contribution is 6.31. The van der Waals surface area contributed by atoms with Crippen LogP contribution in [0.5, 0.6) is 0 Å². The zero-order chi connectivity index (χ0) is 41.3. The van der Waals surface area contributed by atoms with E-state index in [0.717, 1.165) is 45.4 Å². The molecule has 6 heterocycles. The van der Waals surface area contributed by atoms with Crippen molar-refractivity contribution >= 4 is 29.2 Å². The minimum Gasteiger partial charge on any atom is -0.348 e. The van der Waals surface area contributed by atoms with E-state index in [0.29, 0.717) is 28.3 Å². The molecular formula is C38H35ClF5N11O3. The van der Waals surface area contributed by atoms with Gasteiger partial charge in [0.1, 0.15) is 11.7 Å². The predicted molar refractivity (Wildman–Crippen MR) is 199 cm³/mol. The standard InChI is InChI=1S/C38H35ClF5N11O3/c1-20-16-52-18-23(15-45-35(52)47-20)22-4-5-24(26(39)11-22)25-13-37(25)8-9-53(33(37)58)29(10-21-14-46-54(17-21)34(40)41)32(57)48-36(2,3)19-55-28(12-30(51-55)38(42,43)44)27-6-7-31(56)50-49-27/h4-7,11-12,14-18,25,29,34H,8-10,13,19H2,1-3H3,(H,48,57)(H,50,56)/t25-,29-,37+/m1/s1. The Morgan fingerprint density at radius 3 is 2.55 bits per heavy atom. The highest BCUT2D eigenvalue weighted by Crippen LogP contribution is 2.66. The Bertz CT molecular complexity index is 2610. The first-order valence-corrected chi connectivity index (χ1v) is 18.6. The highest BCUT2D eigenvalue weighted by atomic mass is 35.5. The fourth-order valence-corrected chi connectivity index (χ4v) is 8.15. The van der Waals surface area contributed by atoms with Gasteiger partial charge in [-0.15, -0.1) is 0 Å². The molecule has 58 heavy (non-hydrogen) atoms. The number of H-pyrrole nitrogens is 1. The first kappa shape index (κ1) is 38.9. The van der Waals surface area contributed by atoms with E-state index in [1.54, 1.807) is 20.0 Å². The number of aromatic nitrogens is 9. The maximum absolute atomic E-state index is 14.4. The van der Waals surface area contributed by atoms with Gasteiger partial charge in [0.05, 0.1) is 35.1 Å². The first-order chi connectivity index (χ1) is 27.4. The fourth-order valence-electron chi connectivity index (χ4n) is 7.84. The summed E-state index contributed by atoms with van der Waals surface area (Å²) in [7, 11) is 0. The van der Waals surface area contributed by atoms with Crippen molar-refractivity contribution < 1.29 is 31.5 Å². The van der Waals surface area contributed by atoms with Gasteiger partial charge in [-0.25, -0.2) is 19.7 Å². The lowest BCUT2D eigenvalue weighted by molar-refractivity contribution is -0.141. The topological polar surface area (TPSA) is 161 Å². The number of hydrogen-bond acceptors (Lipinski definition) is 8.